The molecular weight excluding hydrogens is 244 g/mol. The fourth-order valence-corrected chi connectivity index (χ4v) is 1.80. The molecule has 0 spiro atoms. The molecule has 0 saturated heterocycles. The molecule has 1 amide bonds. The van der Waals surface area contributed by atoms with Crippen LogP contribution in [0.2, 0.25) is 0 Å². The molecule has 2 aromatic rings. The molecule has 0 aromatic carbocycles. The molecule has 0 radical (unpaired) electrons. The van der Waals surface area contributed by atoms with Crippen molar-refractivity contribution in [3.8, 4) is 5.88 Å². The number of carbonyl (C=O) groups excluding carboxylic acids is 1. The number of amides is 1. The van der Waals surface area contributed by atoms with Crippen LogP contribution < -0.4 is 10.1 Å². The average molecular weight is 260 g/mol. The van der Waals surface area contributed by atoms with Gasteiger partial charge in [-0.05, 0) is 26.0 Å². The van der Waals surface area contributed by atoms with Gasteiger partial charge in [-0.1, -0.05) is 0 Å². The van der Waals surface area contributed by atoms with Gasteiger partial charge in [-0.3, -0.25) is 9.48 Å². The molecule has 1 N–H and O–H groups in total. The first kappa shape index (κ1) is 13.1. The molecule has 0 aliphatic rings. The highest BCUT2D eigenvalue weighted by Crippen LogP contribution is 2.18. The molecule has 0 aliphatic carbocycles. The molecule has 100 valence electrons. The van der Waals surface area contributed by atoms with Gasteiger partial charge in [0, 0.05) is 12.7 Å². The molecule has 19 heavy (non-hydrogen) atoms. The third kappa shape index (κ3) is 2.57. The molecule has 0 saturated carbocycles. The van der Waals surface area contributed by atoms with Gasteiger partial charge in [-0.25, -0.2) is 4.98 Å². The van der Waals surface area contributed by atoms with E-state index in [1.54, 1.807) is 24.5 Å². The van der Waals surface area contributed by atoms with Crippen molar-refractivity contribution < 1.29 is 9.53 Å². The maximum absolute atomic E-state index is 12.2. The Balaban J connectivity index is 2.23. The van der Waals surface area contributed by atoms with Crippen LogP contribution in [0, 0.1) is 6.92 Å². The van der Waals surface area contributed by atoms with E-state index in [1.807, 2.05) is 18.5 Å². The number of hydrogen-bond acceptors (Lipinski definition) is 4. The molecule has 2 rings (SSSR count). The Labute approximate surface area is 111 Å². The Morgan fingerprint density at radius 3 is 2.95 bits per heavy atom. The second-order valence-electron chi connectivity index (χ2n) is 3.97. The Morgan fingerprint density at radius 2 is 2.32 bits per heavy atom. The Morgan fingerprint density at radius 1 is 1.53 bits per heavy atom. The highest BCUT2D eigenvalue weighted by molar-refractivity contribution is 6.06. The van der Waals surface area contributed by atoms with E-state index < -0.39 is 0 Å². The summed E-state index contributed by atoms with van der Waals surface area (Å²) in [4.78, 5) is 16.2. The zero-order chi connectivity index (χ0) is 13.8. The van der Waals surface area contributed by atoms with Crippen molar-refractivity contribution in [1.29, 1.82) is 0 Å². The van der Waals surface area contributed by atoms with E-state index in [9.17, 15) is 4.79 Å². The summed E-state index contributed by atoms with van der Waals surface area (Å²) >= 11 is 0. The molecular formula is C13H16N4O2. The van der Waals surface area contributed by atoms with Gasteiger partial charge in [0.25, 0.3) is 5.91 Å². The van der Waals surface area contributed by atoms with Gasteiger partial charge in [0.2, 0.25) is 5.88 Å². The highest BCUT2D eigenvalue weighted by Gasteiger charge is 2.15. The van der Waals surface area contributed by atoms with E-state index in [2.05, 4.69) is 15.4 Å². The standard InChI is InChI=1S/C13H16N4O2/c1-4-17-9(2)11(8-15-17)16-12(18)10-6-5-7-14-13(10)19-3/h5-8H,4H2,1-3H3,(H,16,18). The molecule has 0 unspecified atom stereocenters. The zero-order valence-electron chi connectivity index (χ0n) is 11.2. The number of aryl methyl sites for hydroxylation is 1. The van der Waals surface area contributed by atoms with Crippen LogP contribution >= 0.6 is 0 Å². The Bertz CT molecular complexity index is 592. The normalized spacial score (nSPS) is 10.3. The van der Waals surface area contributed by atoms with Crippen LogP contribution in [0.3, 0.4) is 0 Å². The summed E-state index contributed by atoms with van der Waals surface area (Å²) in [5.74, 6) is 0.0456. The number of pyridine rings is 1. The van der Waals surface area contributed by atoms with Crippen molar-refractivity contribution in [3.05, 3.63) is 35.8 Å². The van der Waals surface area contributed by atoms with Crippen LogP contribution in [-0.2, 0) is 6.54 Å². The van der Waals surface area contributed by atoms with Crippen molar-refractivity contribution in [3.63, 3.8) is 0 Å². The second kappa shape index (κ2) is 5.51. The number of nitrogens with zero attached hydrogens (tertiary/aromatic N) is 3. The first-order valence-electron chi connectivity index (χ1n) is 6.00. The van der Waals surface area contributed by atoms with Gasteiger partial charge in [-0.15, -0.1) is 0 Å². The molecule has 0 bridgehead atoms. The summed E-state index contributed by atoms with van der Waals surface area (Å²) in [6, 6.07) is 3.36. The topological polar surface area (TPSA) is 69.0 Å². The summed E-state index contributed by atoms with van der Waals surface area (Å²) < 4.78 is 6.88. The average Bonchev–Trinajstić information content (AvgIpc) is 2.79. The summed E-state index contributed by atoms with van der Waals surface area (Å²) in [5.41, 5.74) is 2.00. The number of rotatable bonds is 4. The second-order valence-corrected chi connectivity index (χ2v) is 3.97. The Kier molecular flexibility index (Phi) is 3.79. The largest absolute Gasteiger partial charge is 0.480 e. The minimum atomic E-state index is -0.260. The highest BCUT2D eigenvalue weighted by atomic mass is 16.5. The number of nitrogens with one attached hydrogen (secondary N) is 1. The van der Waals surface area contributed by atoms with Gasteiger partial charge in [-0.2, -0.15) is 5.10 Å². The first-order valence-corrected chi connectivity index (χ1v) is 6.00. The van der Waals surface area contributed by atoms with Crippen LogP contribution in [0.15, 0.2) is 24.5 Å². The third-order valence-electron chi connectivity index (χ3n) is 2.86. The predicted octanol–water partition coefficient (Wildman–Crippen LogP) is 1.87. The molecule has 0 aliphatic heterocycles. The SMILES string of the molecule is CCn1ncc(NC(=O)c2cccnc2OC)c1C. The van der Waals surface area contributed by atoms with Crippen molar-refractivity contribution in [2.24, 2.45) is 0 Å². The molecule has 6 heteroatoms. The van der Waals surface area contributed by atoms with Gasteiger partial charge in [0.1, 0.15) is 5.56 Å². The first-order chi connectivity index (χ1) is 9.17. The van der Waals surface area contributed by atoms with E-state index in [-0.39, 0.29) is 5.91 Å². The van der Waals surface area contributed by atoms with Gasteiger partial charge in [0.05, 0.1) is 24.7 Å². The predicted molar refractivity (Wildman–Crippen MR) is 71.4 cm³/mol. The Hall–Kier alpha value is -2.37. The lowest BCUT2D eigenvalue weighted by Crippen LogP contribution is -2.14. The van der Waals surface area contributed by atoms with Gasteiger partial charge < -0.3 is 10.1 Å². The summed E-state index contributed by atoms with van der Waals surface area (Å²) in [6.45, 7) is 4.67. The van der Waals surface area contributed by atoms with Crippen LogP contribution in [-0.4, -0.2) is 27.8 Å². The third-order valence-corrected chi connectivity index (χ3v) is 2.86. The fourth-order valence-electron chi connectivity index (χ4n) is 1.80. The summed E-state index contributed by atoms with van der Waals surface area (Å²) in [7, 11) is 1.49. The lowest BCUT2D eigenvalue weighted by molar-refractivity contribution is 0.102. The molecule has 6 nitrogen and oxygen atoms in total. The maximum Gasteiger partial charge on any atom is 0.261 e. The number of carbonyl (C=O) groups is 1. The molecule has 0 fully saturated rings. The van der Waals surface area contributed by atoms with E-state index in [0.717, 1.165) is 12.2 Å². The maximum atomic E-state index is 12.2. The number of aromatic nitrogens is 3. The van der Waals surface area contributed by atoms with E-state index in [1.165, 1.54) is 7.11 Å². The van der Waals surface area contributed by atoms with Crippen LogP contribution in [0.25, 0.3) is 0 Å². The number of hydrogen-bond donors (Lipinski definition) is 1. The number of methoxy groups -OCH3 is 1. The number of ether oxygens (including phenoxy) is 1. The van der Waals surface area contributed by atoms with Crippen molar-refractivity contribution in [2.75, 3.05) is 12.4 Å². The minimum Gasteiger partial charge on any atom is -0.480 e. The van der Waals surface area contributed by atoms with Crippen LogP contribution in [0.4, 0.5) is 5.69 Å². The van der Waals surface area contributed by atoms with E-state index in [4.69, 9.17) is 4.74 Å². The summed E-state index contributed by atoms with van der Waals surface area (Å²) in [5, 5.41) is 6.99. The monoisotopic (exact) mass is 260 g/mol. The van der Waals surface area contributed by atoms with Crippen LogP contribution in [0.5, 0.6) is 5.88 Å². The van der Waals surface area contributed by atoms with Crippen molar-refractivity contribution in [2.45, 2.75) is 20.4 Å². The van der Waals surface area contributed by atoms with Gasteiger partial charge in [0.15, 0.2) is 0 Å². The molecule has 2 heterocycles. The van der Waals surface area contributed by atoms with Gasteiger partial charge >= 0.3 is 0 Å². The smallest absolute Gasteiger partial charge is 0.261 e. The van der Waals surface area contributed by atoms with Crippen molar-refractivity contribution >= 4 is 11.6 Å². The number of anilines is 1. The molecule has 2 aromatic heterocycles. The zero-order valence-corrected chi connectivity index (χ0v) is 11.2. The van der Waals surface area contributed by atoms with E-state index in [0.29, 0.717) is 17.1 Å². The lowest BCUT2D eigenvalue weighted by atomic mass is 10.2. The van der Waals surface area contributed by atoms with Crippen LogP contribution in [0.1, 0.15) is 23.0 Å². The fraction of sp³-hybridized carbons (Fsp3) is 0.308. The van der Waals surface area contributed by atoms with E-state index >= 15 is 0 Å². The quantitative estimate of drug-likeness (QED) is 0.911. The minimum absolute atomic E-state index is 0.260. The van der Waals surface area contributed by atoms with Crippen molar-refractivity contribution in [1.82, 2.24) is 14.8 Å². The summed E-state index contributed by atoms with van der Waals surface area (Å²) in [6.07, 6.45) is 3.22. The lowest BCUT2D eigenvalue weighted by Gasteiger charge is -2.08. The molecule has 0 atom stereocenters.